The number of hydrogen-bond acceptors (Lipinski definition) is 6. The standard InChI is InChI=1S/C21H17ClF3N5O2/c1-20(2,32-16-9-8-12(22)10-14(16)17-26-11-31-29-17)19-28-27-18(30(19)3)13-6-4-5-7-15(13)21(23,24)25/h4-11H,1-3H3. The molecule has 0 saturated carbocycles. The van der Waals surface area contributed by atoms with E-state index < -0.39 is 17.3 Å². The maximum Gasteiger partial charge on any atom is 0.417 e. The highest BCUT2D eigenvalue weighted by molar-refractivity contribution is 6.30. The number of halogens is 4. The molecule has 0 bridgehead atoms. The second-order valence-electron chi connectivity index (χ2n) is 7.46. The van der Waals surface area contributed by atoms with Gasteiger partial charge >= 0.3 is 6.18 Å². The molecule has 2 aromatic heterocycles. The molecule has 7 nitrogen and oxygen atoms in total. The number of alkyl halides is 3. The monoisotopic (exact) mass is 463 g/mol. The predicted molar refractivity (Wildman–Crippen MR) is 110 cm³/mol. The van der Waals surface area contributed by atoms with Gasteiger partial charge in [0, 0.05) is 17.6 Å². The Kier molecular flexibility index (Phi) is 5.41. The fraction of sp³-hybridized carbons (Fsp3) is 0.238. The number of ether oxygens (including phenoxy) is 1. The molecule has 0 atom stereocenters. The predicted octanol–water partition coefficient (Wildman–Crippen LogP) is 5.52. The first kappa shape index (κ1) is 21.8. The lowest BCUT2D eigenvalue weighted by Gasteiger charge is -2.26. The van der Waals surface area contributed by atoms with Gasteiger partial charge in [-0.05, 0) is 38.1 Å². The summed E-state index contributed by atoms with van der Waals surface area (Å²) in [7, 11) is 1.59. The molecule has 32 heavy (non-hydrogen) atoms. The molecule has 0 radical (unpaired) electrons. The van der Waals surface area contributed by atoms with Gasteiger partial charge in [-0.2, -0.15) is 18.2 Å². The molecule has 0 saturated heterocycles. The highest BCUT2D eigenvalue weighted by Gasteiger charge is 2.36. The lowest BCUT2D eigenvalue weighted by molar-refractivity contribution is -0.137. The van der Waals surface area contributed by atoms with Crippen LogP contribution in [0.15, 0.2) is 53.4 Å². The minimum Gasteiger partial charge on any atom is -0.479 e. The second-order valence-corrected chi connectivity index (χ2v) is 7.89. The van der Waals surface area contributed by atoms with E-state index in [1.54, 1.807) is 39.1 Å². The van der Waals surface area contributed by atoms with Crippen molar-refractivity contribution in [2.45, 2.75) is 25.6 Å². The summed E-state index contributed by atoms with van der Waals surface area (Å²) < 4.78 is 53.0. The molecule has 0 N–H and O–H groups in total. The highest BCUT2D eigenvalue weighted by Crippen LogP contribution is 2.38. The second kappa shape index (κ2) is 7.94. The zero-order valence-electron chi connectivity index (χ0n) is 17.2. The van der Waals surface area contributed by atoms with E-state index >= 15 is 0 Å². The Morgan fingerprint density at radius 3 is 2.47 bits per heavy atom. The van der Waals surface area contributed by atoms with Gasteiger partial charge in [0.2, 0.25) is 12.2 Å². The smallest absolute Gasteiger partial charge is 0.417 e. The first-order valence-corrected chi connectivity index (χ1v) is 9.77. The van der Waals surface area contributed by atoms with E-state index in [0.29, 0.717) is 22.2 Å². The minimum absolute atomic E-state index is 0.0686. The molecule has 4 rings (SSSR count). The summed E-state index contributed by atoms with van der Waals surface area (Å²) in [6, 6.07) is 10.1. The molecule has 0 aliphatic rings. The van der Waals surface area contributed by atoms with Crippen molar-refractivity contribution >= 4 is 11.6 Å². The highest BCUT2D eigenvalue weighted by atomic mass is 35.5. The molecule has 2 aromatic carbocycles. The molecule has 0 aliphatic carbocycles. The Morgan fingerprint density at radius 1 is 1.03 bits per heavy atom. The maximum atomic E-state index is 13.5. The van der Waals surface area contributed by atoms with Crippen LogP contribution in [-0.2, 0) is 18.8 Å². The van der Waals surface area contributed by atoms with Crippen LogP contribution < -0.4 is 4.74 Å². The normalized spacial score (nSPS) is 12.2. The van der Waals surface area contributed by atoms with Crippen LogP contribution in [0.2, 0.25) is 5.02 Å². The van der Waals surface area contributed by atoms with Gasteiger partial charge in [-0.3, -0.25) is 0 Å². The third-order valence-electron chi connectivity index (χ3n) is 4.80. The van der Waals surface area contributed by atoms with Crippen LogP contribution in [0, 0.1) is 0 Å². The molecule has 2 heterocycles. The number of nitrogens with zero attached hydrogens (tertiary/aromatic N) is 5. The molecular formula is C21H17ClF3N5O2. The summed E-state index contributed by atoms with van der Waals surface area (Å²) in [5, 5.41) is 12.4. The molecular weight excluding hydrogens is 447 g/mol. The molecule has 11 heteroatoms. The minimum atomic E-state index is -4.53. The summed E-state index contributed by atoms with van der Waals surface area (Å²) in [6.07, 6.45) is -3.35. The first-order chi connectivity index (χ1) is 15.1. The molecule has 0 unspecified atom stereocenters. The van der Waals surface area contributed by atoms with Crippen molar-refractivity contribution in [2.24, 2.45) is 7.05 Å². The van der Waals surface area contributed by atoms with Gasteiger partial charge in [0.1, 0.15) is 5.75 Å². The van der Waals surface area contributed by atoms with Crippen LogP contribution in [0.3, 0.4) is 0 Å². The van der Waals surface area contributed by atoms with Crippen LogP contribution in [0.4, 0.5) is 13.2 Å². The Hall–Kier alpha value is -3.40. The number of aromatic nitrogens is 5. The third kappa shape index (κ3) is 4.05. The molecule has 4 aromatic rings. The van der Waals surface area contributed by atoms with Crippen molar-refractivity contribution in [3.8, 4) is 28.5 Å². The lowest BCUT2D eigenvalue weighted by Crippen LogP contribution is -2.29. The summed E-state index contributed by atoms with van der Waals surface area (Å²) in [6.45, 7) is 3.45. The summed E-state index contributed by atoms with van der Waals surface area (Å²) in [4.78, 5) is 4.03. The largest absolute Gasteiger partial charge is 0.479 e. The van der Waals surface area contributed by atoms with Crippen LogP contribution in [0.5, 0.6) is 5.75 Å². The van der Waals surface area contributed by atoms with Gasteiger partial charge in [-0.15, -0.1) is 10.2 Å². The molecule has 0 fully saturated rings. The van der Waals surface area contributed by atoms with Crippen molar-refractivity contribution < 1.29 is 22.4 Å². The Labute approximate surface area is 185 Å². The summed E-state index contributed by atoms with van der Waals surface area (Å²) >= 11 is 6.11. The van der Waals surface area contributed by atoms with E-state index in [9.17, 15) is 13.2 Å². The Balaban J connectivity index is 1.74. The first-order valence-electron chi connectivity index (χ1n) is 9.39. The SMILES string of the molecule is Cn1c(-c2ccccc2C(F)(F)F)nnc1C(C)(C)Oc1ccc(Cl)cc1-c1ncon1. The fourth-order valence-corrected chi connectivity index (χ4v) is 3.56. The zero-order chi connectivity index (χ0) is 23.1. The average molecular weight is 464 g/mol. The quantitative estimate of drug-likeness (QED) is 0.388. The Bertz CT molecular complexity index is 1250. The Morgan fingerprint density at radius 2 is 1.78 bits per heavy atom. The summed E-state index contributed by atoms with van der Waals surface area (Å²) in [5.74, 6) is 1.05. The average Bonchev–Trinajstić information content (AvgIpc) is 3.39. The van der Waals surface area contributed by atoms with Crippen molar-refractivity contribution in [2.75, 3.05) is 0 Å². The van der Waals surface area contributed by atoms with E-state index in [1.165, 1.54) is 29.2 Å². The van der Waals surface area contributed by atoms with Gasteiger partial charge < -0.3 is 13.8 Å². The van der Waals surface area contributed by atoms with E-state index in [4.69, 9.17) is 20.9 Å². The molecule has 0 amide bonds. The van der Waals surface area contributed by atoms with Gasteiger partial charge in [-0.25, -0.2) is 0 Å². The van der Waals surface area contributed by atoms with Crippen LogP contribution in [0.25, 0.3) is 22.8 Å². The van der Waals surface area contributed by atoms with Gasteiger partial charge in [0.15, 0.2) is 17.2 Å². The topological polar surface area (TPSA) is 78.9 Å². The lowest BCUT2D eigenvalue weighted by atomic mass is 10.1. The number of hydrogen-bond donors (Lipinski definition) is 0. The number of rotatable bonds is 5. The van der Waals surface area contributed by atoms with Crippen molar-refractivity contribution in [3.63, 3.8) is 0 Å². The van der Waals surface area contributed by atoms with Crippen molar-refractivity contribution in [3.05, 3.63) is 65.3 Å². The van der Waals surface area contributed by atoms with Gasteiger partial charge in [0.25, 0.3) is 0 Å². The van der Waals surface area contributed by atoms with Gasteiger partial charge in [0.05, 0.1) is 11.1 Å². The van der Waals surface area contributed by atoms with Crippen LogP contribution in [0.1, 0.15) is 25.2 Å². The molecule has 0 spiro atoms. The third-order valence-corrected chi connectivity index (χ3v) is 5.03. The fourth-order valence-electron chi connectivity index (χ4n) is 3.39. The number of benzene rings is 2. The van der Waals surface area contributed by atoms with Crippen LogP contribution in [-0.4, -0.2) is 24.9 Å². The van der Waals surface area contributed by atoms with Crippen molar-refractivity contribution in [1.29, 1.82) is 0 Å². The molecule has 0 aliphatic heterocycles. The van der Waals surface area contributed by atoms with E-state index in [0.717, 1.165) is 6.07 Å². The van der Waals surface area contributed by atoms with E-state index in [1.807, 2.05) is 0 Å². The maximum absolute atomic E-state index is 13.5. The van der Waals surface area contributed by atoms with Gasteiger partial charge in [-0.1, -0.05) is 35.0 Å². The van der Waals surface area contributed by atoms with E-state index in [2.05, 4.69) is 20.3 Å². The molecule has 166 valence electrons. The van der Waals surface area contributed by atoms with E-state index in [-0.39, 0.29) is 17.2 Å². The van der Waals surface area contributed by atoms with Crippen molar-refractivity contribution in [1.82, 2.24) is 24.9 Å². The summed E-state index contributed by atoms with van der Waals surface area (Å²) in [5.41, 5.74) is -1.46. The van der Waals surface area contributed by atoms with Crippen LogP contribution >= 0.6 is 11.6 Å². The zero-order valence-corrected chi connectivity index (χ0v) is 17.9.